The van der Waals surface area contributed by atoms with Gasteiger partial charge < -0.3 is 59.3 Å². The van der Waals surface area contributed by atoms with Gasteiger partial charge in [-0.25, -0.2) is 0 Å². The first kappa shape index (κ1) is 56.5. The van der Waals surface area contributed by atoms with E-state index in [0.29, 0.717) is 6.10 Å². The van der Waals surface area contributed by atoms with Crippen molar-refractivity contribution < 1.29 is 59.3 Å². The van der Waals surface area contributed by atoms with Gasteiger partial charge >= 0.3 is 37.1 Å². The molecule has 2 rings (SSSR count). The molecule has 0 radical (unpaired) electrons. The Morgan fingerprint density at radius 1 is 0.685 bits per heavy atom. The Kier molecular flexibility index (Phi) is 40.2. The summed E-state index contributed by atoms with van der Waals surface area (Å²) >= 11 is 0. The van der Waals surface area contributed by atoms with Gasteiger partial charge in [-0.1, -0.05) is 71.6 Å². The maximum Gasteiger partial charge on any atom is 0.309 e. The van der Waals surface area contributed by atoms with Gasteiger partial charge in [-0.2, -0.15) is 0 Å². The zero-order chi connectivity index (χ0) is 40.6. The molecule has 0 bridgehead atoms. The molecule has 0 aromatic heterocycles. The molecule has 2 fully saturated rings. The molecule has 2 N–H and O–H groups in total. The van der Waals surface area contributed by atoms with Crippen LogP contribution in [0.5, 0.6) is 0 Å². The summed E-state index contributed by atoms with van der Waals surface area (Å²) in [5.41, 5.74) is 0. The Labute approximate surface area is 356 Å². The minimum absolute atomic E-state index is 0.320. The molecule has 326 valence electrons. The highest BCUT2D eigenvalue weighted by Gasteiger charge is 2.28. The molecular formula is C26H82O14Si14. The van der Waals surface area contributed by atoms with E-state index in [1.165, 1.54) is 75.9 Å². The number of hydrogen-bond donors (Lipinski definition) is 2. The van der Waals surface area contributed by atoms with Crippen LogP contribution in [0, 0.1) is 0 Å². The van der Waals surface area contributed by atoms with Gasteiger partial charge in [0, 0.05) is 6.10 Å². The smallest absolute Gasteiger partial charge is 0.309 e. The van der Waals surface area contributed by atoms with Crippen LogP contribution in [0.4, 0.5) is 0 Å². The van der Waals surface area contributed by atoms with E-state index in [1.807, 2.05) is 26.2 Å². The first-order valence-electron chi connectivity index (χ1n) is 20.7. The summed E-state index contributed by atoms with van der Waals surface area (Å²) in [6, 6.07) is 5.96. The quantitative estimate of drug-likeness (QED) is 0.0976. The molecule has 2 aliphatic rings. The highest BCUT2D eigenvalue weighted by molar-refractivity contribution is 6.72. The Balaban J connectivity index is 0.00000108. The van der Waals surface area contributed by atoms with Crippen LogP contribution in [0.25, 0.3) is 0 Å². The zero-order valence-electron chi connectivity index (χ0n) is 35.9. The standard InChI is InChI=1S/C20H54O6Si7.C4H16O4Si4.C2H12O4Si3/c1-6-8-10-12-15-28-23-32(17-13-11-9-7-2)24-29-22-27-16-14-18-33-25-30(4)19-20(3)21-31(5)26-33;1-9-5-10(2)7-12(4)8-11(3)6-9;1-8(4)6-9(2)5-7-3/h20,30-33H,6-19,27-29H2,1-5H3;9-12H,1-4H3;3-4,8-9H,7H2,1-2H3. The van der Waals surface area contributed by atoms with Crippen LogP contribution < -0.4 is 0 Å². The van der Waals surface area contributed by atoms with Crippen molar-refractivity contribution >= 4 is 132 Å². The maximum atomic E-state index is 8.75. The number of unbranched alkanes of at least 4 members (excludes halogenated alkanes) is 6. The van der Waals surface area contributed by atoms with E-state index >= 15 is 0 Å². The average molecular weight is 1010 g/mol. The molecule has 0 spiro atoms. The SMILES string of the molecule is CCCCCC[SiH2]O[SiH](CCCCCC)O[SiH2]O[SiH2]CCC[SiH]1O[SiH](C)CC(C)O[SiH](C)O1.C[SiH](O)O[SiH](C)O[SiH2]O.C[SiH]1O[SiH](C)O[SiH](C)O[SiH](C)O1. The molecule has 7 unspecified atom stereocenters. The van der Waals surface area contributed by atoms with Crippen LogP contribution in [0.3, 0.4) is 0 Å². The van der Waals surface area contributed by atoms with Gasteiger partial charge in [0.15, 0.2) is 9.04 Å². The second-order valence-electron chi connectivity index (χ2n) is 13.9. The molecule has 28 heteroatoms. The fraction of sp³-hybridized carbons (Fsp3) is 1.00. The van der Waals surface area contributed by atoms with E-state index in [0.717, 1.165) is 12.1 Å². The van der Waals surface area contributed by atoms with Gasteiger partial charge in [0.2, 0.25) is 0 Å². The van der Waals surface area contributed by atoms with E-state index in [1.54, 1.807) is 13.1 Å². The first-order chi connectivity index (χ1) is 25.8. The van der Waals surface area contributed by atoms with Crippen molar-refractivity contribution in [2.75, 3.05) is 0 Å². The van der Waals surface area contributed by atoms with E-state index in [9.17, 15) is 0 Å². The molecule has 2 aliphatic heterocycles. The molecule has 14 nitrogen and oxygen atoms in total. The van der Waals surface area contributed by atoms with Crippen LogP contribution in [0.2, 0.25) is 82.6 Å². The second kappa shape index (κ2) is 38.4. The first-order valence-corrected chi connectivity index (χ1v) is 46.9. The minimum atomic E-state index is -1.91. The molecule has 0 saturated carbocycles. The third kappa shape index (κ3) is 36.3. The lowest BCUT2D eigenvalue weighted by molar-refractivity contribution is 0.187. The van der Waals surface area contributed by atoms with Gasteiger partial charge in [-0.15, -0.1) is 0 Å². The van der Waals surface area contributed by atoms with Crippen LogP contribution in [0.1, 0.15) is 78.6 Å². The Hall–Kier alpha value is 2.48. The summed E-state index contributed by atoms with van der Waals surface area (Å²) in [4.78, 5) is 17.1. The summed E-state index contributed by atoms with van der Waals surface area (Å²) in [6.07, 6.45) is 12.1. The molecule has 0 aliphatic carbocycles. The number of hydrogen-bond acceptors (Lipinski definition) is 14. The van der Waals surface area contributed by atoms with Crippen molar-refractivity contribution in [3.63, 3.8) is 0 Å². The predicted octanol–water partition coefficient (Wildman–Crippen LogP) is -0.142. The Morgan fingerprint density at radius 2 is 1.26 bits per heavy atom. The van der Waals surface area contributed by atoms with Crippen molar-refractivity contribution in [1.82, 2.24) is 0 Å². The summed E-state index contributed by atoms with van der Waals surface area (Å²) in [5, 5.41) is 0. The van der Waals surface area contributed by atoms with Crippen molar-refractivity contribution in [2.24, 2.45) is 0 Å². The zero-order valence-corrected chi connectivity index (χ0v) is 53.1. The average Bonchev–Trinajstić information content (AvgIpc) is 3.06. The summed E-state index contributed by atoms with van der Waals surface area (Å²) in [6.45, 7) is 22.8. The van der Waals surface area contributed by atoms with Crippen LogP contribution in [-0.2, 0) is 49.7 Å². The monoisotopic (exact) mass is 1010 g/mol. The fourth-order valence-corrected chi connectivity index (χ4v) is 40.6. The highest BCUT2D eigenvalue weighted by atomic mass is 28.5. The fourth-order valence-electron chi connectivity index (χ4n) is 5.78. The molecule has 54 heavy (non-hydrogen) atoms. The van der Waals surface area contributed by atoms with Crippen molar-refractivity contribution in [3.05, 3.63) is 0 Å². The Morgan fingerprint density at radius 3 is 1.81 bits per heavy atom. The molecule has 0 aromatic rings. The van der Waals surface area contributed by atoms with Gasteiger partial charge in [0.25, 0.3) is 66.4 Å². The lowest BCUT2D eigenvalue weighted by atomic mass is 10.2. The van der Waals surface area contributed by atoms with Gasteiger partial charge in [0.1, 0.15) is 19.5 Å². The predicted molar refractivity (Wildman–Crippen MR) is 256 cm³/mol. The van der Waals surface area contributed by atoms with Crippen molar-refractivity contribution in [2.45, 2.75) is 167 Å². The highest BCUT2D eigenvalue weighted by Crippen LogP contribution is 2.16. The maximum absolute atomic E-state index is 8.75. The molecule has 2 heterocycles. The van der Waals surface area contributed by atoms with E-state index in [2.05, 4.69) is 33.9 Å². The molecule has 7 atom stereocenters. The molecule has 2 saturated heterocycles. The third-order valence-electron chi connectivity index (χ3n) is 8.21. The van der Waals surface area contributed by atoms with E-state index in [-0.39, 0.29) is 0 Å². The summed E-state index contributed by atoms with van der Waals surface area (Å²) < 4.78 is 69.8. The molecule has 0 amide bonds. The van der Waals surface area contributed by atoms with Crippen LogP contribution in [0.15, 0.2) is 0 Å². The molecular weight excluding hydrogens is 929 g/mol. The van der Waals surface area contributed by atoms with E-state index < -0.39 is 132 Å². The van der Waals surface area contributed by atoms with Gasteiger partial charge in [0.05, 0.1) is 0 Å². The lowest BCUT2D eigenvalue weighted by Crippen LogP contribution is -2.44. The summed E-state index contributed by atoms with van der Waals surface area (Å²) in [5.74, 6) is 0. The minimum Gasteiger partial charge on any atom is -0.446 e. The van der Waals surface area contributed by atoms with Gasteiger partial charge in [-0.3, -0.25) is 0 Å². The topological polar surface area (TPSA) is 151 Å². The lowest BCUT2D eigenvalue weighted by Gasteiger charge is -2.30. The number of rotatable bonds is 24. The third-order valence-corrected chi connectivity index (χ3v) is 43.7. The second-order valence-corrected chi connectivity index (χ2v) is 43.2. The van der Waals surface area contributed by atoms with Crippen LogP contribution in [-0.4, -0.2) is 148 Å². The van der Waals surface area contributed by atoms with Gasteiger partial charge in [-0.05, 0) is 89.5 Å². The van der Waals surface area contributed by atoms with Crippen molar-refractivity contribution in [3.8, 4) is 0 Å². The van der Waals surface area contributed by atoms with E-state index in [4.69, 9.17) is 59.3 Å². The largest absolute Gasteiger partial charge is 0.446 e. The summed E-state index contributed by atoms with van der Waals surface area (Å²) in [7, 11) is -17.9. The van der Waals surface area contributed by atoms with Crippen LogP contribution >= 0.6 is 0 Å². The Bertz CT molecular complexity index is 779. The van der Waals surface area contributed by atoms with Crippen molar-refractivity contribution in [1.29, 1.82) is 0 Å². The molecule has 0 aromatic carbocycles. The normalized spacial score (nSPS) is 29.1.